The third kappa shape index (κ3) is 4.52. The quantitative estimate of drug-likeness (QED) is 0.361. The van der Waals surface area contributed by atoms with Crippen molar-refractivity contribution in [2.75, 3.05) is 7.11 Å². The minimum Gasteiger partial charge on any atom is -0.452 e. The number of carbonyl (C=O) groups excluding carboxylic acids is 3. The van der Waals surface area contributed by atoms with E-state index >= 15 is 0 Å². The number of rotatable bonds is 4. The average molecular weight is 183 g/mol. The van der Waals surface area contributed by atoms with Crippen molar-refractivity contribution in [3.8, 4) is 0 Å². The SMILES string of the molecule is COC(=O)N(C=O)/C=C/C=C/C=O. The molecule has 0 rings (SSSR count). The van der Waals surface area contributed by atoms with Crippen LogP contribution < -0.4 is 0 Å². The molecule has 0 aliphatic carbocycles. The van der Waals surface area contributed by atoms with E-state index in [1.54, 1.807) is 0 Å². The third-order valence-corrected chi connectivity index (χ3v) is 1.05. The number of allylic oxidation sites excluding steroid dienone is 3. The summed E-state index contributed by atoms with van der Waals surface area (Å²) in [6.45, 7) is 0. The fourth-order valence-electron chi connectivity index (χ4n) is 0.496. The van der Waals surface area contributed by atoms with Crippen LogP contribution in [0.5, 0.6) is 0 Å². The normalized spacial score (nSPS) is 10.2. The van der Waals surface area contributed by atoms with Gasteiger partial charge in [-0.15, -0.1) is 0 Å². The Balaban J connectivity index is 4.19. The van der Waals surface area contributed by atoms with Gasteiger partial charge in [0.2, 0.25) is 6.41 Å². The number of nitrogens with zero attached hydrogens (tertiary/aromatic N) is 1. The molecular weight excluding hydrogens is 174 g/mol. The van der Waals surface area contributed by atoms with Gasteiger partial charge in [-0.1, -0.05) is 6.08 Å². The maximum Gasteiger partial charge on any atom is 0.420 e. The Morgan fingerprint density at radius 3 is 2.38 bits per heavy atom. The van der Waals surface area contributed by atoms with Crippen LogP contribution in [0.25, 0.3) is 0 Å². The number of hydrogen-bond donors (Lipinski definition) is 0. The Morgan fingerprint density at radius 1 is 1.23 bits per heavy atom. The molecular formula is C8H9NO4. The van der Waals surface area contributed by atoms with E-state index in [-0.39, 0.29) is 0 Å². The summed E-state index contributed by atoms with van der Waals surface area (Å²) in [5.41, 5.74) is 0. The monoisotopic (exact) mass is 183 g/mol. The zero-order valence-corrected chi connectivity index (χ0v) is 7.04. The molecule has 0 saturated carbocycles. The predicted molar refractivity (Wildman–Crippen MR) is 44.7 cm³/mol. The first-order valence-electron chi connectivity index (χ1n) is 3.36. The summed E-state index contributed by atoms with van der Waals surface area (Å²) in [6.07, 6.45) is 5.23. The van der Waals surface area contributed by atoms with Gasteiger partial charge in [0, 0.05) is 6.20 Å². The molecule has 0 aromatic rings. The molecule has 0 bridgehead atoms. The van der Waals surface area contributed by atoms with Crippen LogP contribution in [-0.4, -0.2) is 30.8 Å². The summed E-state index contributed by atoms with van der Waals surface area (Å²) in [7, 11) is 1.16. The highest BCUT2D eigenvalue weighted by Crippen LogP contribution is 1.90. The minimum absolute atomic E-state index is 0.303. The van der Waals surface area contributed by atoms with E-state index in [9.17, 15) is 14.4 Å². The Labute approximate surface area is 75.3 Å². The van der Waals surface area contributed by atoms with Crippen molar-refractivity contribution in [2.24, 2.45) is 0 Å². The van der Waals surface area contributed by atoms with Crippen molar-refractivity contribution in [3.05, 3.63) is 24.4 Å². The van der Waals surface area contributed by atoms with E-state index in [2.05, 4.69) is 4.74 Å². The van der Waals surface area contributed by atoms with E-state index in [0.717, 1.165) is 7.11 Å². The van der Waals surface area contributed by atoms with Crippen molar-refractivity contribution in [1.29, 1.82) is 0 Å². The fraction of sp³-hybridized carbons (Fsp3) is 0.125. The number of amides is 2. The van der Waals surface area contributed by atoms with Crippen LogP contribution in [0, 0.1) is 0 Å². The van der Waals surface area contributed by atoms with Gasteiger partial charge in [-0.3, -0.25) is 9.59 Å². The number of ether oxygens (including phenoxy) is 1. The lowest BCUT2D eigenvalue weighted by Gasteiger charge is -2.06. The molecule has 0 saturated heterocycles. The molecule has 0 aliphatic rings. The molecule has 0 aliphatic heterocycles. The highest BCUT2D eigenvalue weighted by atomic mass is 16.5. The third-order valence-electron chi connectivity index (χ3n) is 1.05. The summed E-state index contributed by atoms with van der Waals surface area (Å²) >= 11 is 0. The van der Waals surface area contributed by atoms with Gasteiger partial charge in [-0.25, -0.2) is 9.69 Å². The van der Waals surface area contributed by atoms with Crippen molar-refractivity contribution in [1.82, 2.24) is 4.90 Å². The number of carbonyl (C=O) groups is 3. The molecule has 0 fully saturated rings. The molecule has 0 radical (unpaired) electrons. The highest BCUT2D eigenvalue weighted by molar-refractivity contribution is 5.81. The van der Waals surface area contributed by atoms with Crippen molar-refractivity contribution in [2.45, 2.75) is 0 Å². The van der Waals surface area contributed by atoms with E-state index in [1.807, 2.05) is 0 Å². The van der Waals surface area contributed by atoms with Crippen molar-refractivity contribution >= 4 is 18.8 Å². The molecule has 0 aromatic carbocycles. The van der Waals surface area contributed by atoms with E-state index in [1.165, 1.54) is 24.4 Å². The van der Waals surface area contributed by atoms with Crippen LogP contribution in [0.15, 0.2) is 24.4 Å². The summed E-state index contributed by atoms with van der Waals surface area (Å²) in [5.74, 6) is 0. The Kier molecular flexibility index (Phi) is 5.78. The molecule has 0 heterocycles. The van der Waals surface area contributed by atoms with Gasteiger partial charge in [-0.2, -0.15) is 0 Å². The largest absolute Gasteiger partial charge is 0.452 e. The van der Waals surface area contributed by atoms with Gasteiger partial charge in [0.25, 0.3) is 0 Å². The van der Waals surface area contributed by atoms with E-state index in [4.69, 9.17) is 0 Å². The Hall–Kier alpha value is -1.91. The fourth-order valence-corrected chi connectivity index (χ4v) is 0.496. The standard InChI is InChI=1S/C8H9NO4/c1-13-8(12)9(7-11)5-3-2-4-6-10/h2-7H,1H3/b4-2+,5-3+. The van der Waals surface area contributed by atoms with Crippen LogP contribution in [-0.2, 0) is 14.3 Å². The van der Waals surface area contributed by atoms with Crippen LogP contribution in [0.3, 0.4) is 0 Å². The lowest BCUT2D eigenvalue weighted by Crippen LogP contribution is -2.23. The molecule has 5 nitrogen and oxygen atoms in total. The first-order valence-corrected chi connectivity index (χ1v) is 3.36. The van der Waals surface area contributed by atoms with Gasteiger partial charge in [0.1, 0.15) is 6.29 Å². The van der Waals surface area contributed by atoms with Gasteiger partial charge in [-0.05, 0) is 12.2 Å². The second kappa shape index (κ2) is 6.78. The smallest absolute Gasteiger partial charge is 0.420 e. The van der Waals surface area contributed by atoms with Crippen molar-refractivity contribution in [3.63, 3.8) is 0 Å². The molecule has 0 N–H and O–H groups in total. The second-order valence-electron chi connectivity index (χ2n) is 1.85. The van der Waals surface area contributed by atoms with Gasteiger partial charge >= 0.3 is 6.09 Å². The van der Waals surface area contributed by atoms with Crippen LogP contribution >= 0.6 is 0 Å². The zero-order valence-electron chi connectivity index (χ0n) is 7.04. The maximum absolute atomic E-state index is 10.7. The van der Waals surface area contributed by atoms with Crippen LogP contribution in [0.4, 0.5) is 4.79 Å². The number of aldehydes is 1. The first kappa shape index (κ1) is 11.1. The van der Waals surface area contributed by atoms with Crippen molar-refractivity contribution < 1.29 is 19.1 Å². The summed E-state index contributed by atoms with van der Waals surface area (Å²) in [5, 5.41) is 0. The Bertz CT molecular complexity index is 245. The van der Waals surface area contributed by atoms with Crippen LogP contribution in [0.2, 0.25) is 0 Å². The van der Waals surface area contributed by atoms with E-state index < -0.39 is 6.09 Å². The number of methoxy groups -OCH3 is 1. The van der Waals surface area contributed by atoms with E-state index in [0.29, 0.717) is 17.6 Å². The summed E-state index contributed by atoms with van der Waals surface area (Å²) < 4.78 is 4.27. The lowest BCUT2D eigenvalue weighted by atomic mass is 10.5. The second-order valence-corrected chi connectivity index (χ2v) is 1.85. The topological polar surface area (TPSA) is 63.7 Å². The molecule has 5 heteroatoms. The number of imide groups is 1. The minimum atomic E-state index is -0.786. The summed E-state index contributed by atoms with van der Waals surface area (Å²) in [4.78, 5) is 31.5. The predicted octanol–water partition coefficient (Wildman–Crippen LogP) is 0.480. The molecule has 2 amide bonds. The molecule has 70 valence electrons. The average Bonchev–Trinajstić information content (AvgIpc) is 2.17. The lowest BCUT2D eigenvalue weighted by molar-refractivity contribution is -0.114. The zero-order chi connectivity index (χ0) is 10.1. The summed E-state index contributed by atoms with van der Waals surface area (Å²) in [6, 6.07) is 0. The highest BCUT2D eigenvalue weighted by Gasteiger charge is 2.06. The van der Waals surface area contributed by atoms with Gasteiger partial charge < -0.3 is 4.74 Å². The maximum atomic E-state index is 10.7. The van der Waals surface area contributed by atoms with Gasteiger partial charge in [0.05, 0.1) is 7.11 Å². The molecule has 0 spiro atoms. The molecule has 0 unspecified atom stereocenters. The van der Waals surface area contributed by atoms with Crippen LogP contribution in [0.1, 0.15) is 0 Å². The molecule has 0 atom stereocenters. The molecule has 13 heavy (non-hydrogen) atoms. The number of hydrogen-bond acceptors (Lipinski definition) is 4. The molecule has 0 aromatic heterocycles. The first-order chi connectivity index (χ1) is 6.26. The Morgan fingerprint density at radius 2 is 1.92 bits per heavy atom. The van der Waals surface area contributed by atoms with Gasteiger partial charge in [0.15, 0.2) is 0 Å².